The average molecular weight is 268 g/mol. The minimum atomic E-state index is 0.0328. The van der Waals surface area contributed by atoms with E-state index in [0.29, 0.717) is 6.42 Å². The molecule has 20 heavy (non-hydrogen) atoms. The molecule has 3 heteroatoms. The molecule has 0 heterocycles. The van der Waals surface area contributed by atoms with Crippen LogP contribution in [0.25, 0.3) is 0 Å². The van der Waals surface area contributed by atoms with Crippen molar-refractivity contribution in [2.45, 2.75) is 19.9 Å². The molecule has 0 aliphatic heterocycles. The number of carbonyl (C=O) groups is 1. The van der Waals surface area contributed by atoms with Gasteiger partial charge < -0.3 is 10.6 Å². The summed E-state index contributed by atoms with van der Waals surface area (Å²) in [7, 11) is 1.65. The molecule has 0 fully saturated rings. The van der Waals surface area contributed by atoms with E-state index in [1.165, 1.54) is 11.1 Å². The Hall–Kier alpha value is -2.29. The van der Waals surface area contributed by atoms with Gasteiger partial charge in [0.2, 0.25) is 5.91 Å². The Morgan fingerprint density at radius 3 is 2.45 bits per heavy atom. The van der Waals surface area contributed by atoms with Gasteiger partial charge in [0, 0.05) is 19.3 Å². The number of anilines is 1. The Morgan fingerprint density at radius 2 is 1.80 bits per heavy atom. The van der Waals surface area contributed by atoms with E-state index >= 15 is 0 Å². The van der Waals surface area contributed by atoms with Crippen molar-refractivity contribution in [1.29, 1.82) is 0 Å². The highest BCUT2D eigenvalue weighted by Gasteiger charge is 2.01. The molecule has 0 atom stereocenters. The third-order valence-electron chi connectivity index (χ3n) is 3.18. The van der Waals surface area contributed by atoms with Crippen LogP contribution in [-0.2, 0) is 17.8 Å². The summed E-state index contributed by atoms with van der Waals surface area (Å²) < 4.78 is 0. The number of amides is 1. The Labute approximate surface area is 120 Å². The molecule has 0 bridgehead atoms. The third kappa shape index (κ3) is 4.12. The lowest BCUT2D eigenvalue weighted by molar-refractivity contribution is -0.119. The van der Waals surface area contributed by atoms with Crippen LogP contribution < -0.4 is 10.6 Å². The summed E-state index contributed by atoms with van der Waals surface area (Å²) in [6.45, 7) is 2.90. The van der Waals surface area contributed by atoms with Crippen LogP contribution in [0.4, 0.5) is 5.69 Å². The highest BCUT2D eigenvalue weighted by atomic mass is 16.1. The molecule has 0 aliphatic rings. The predicted octanol–water partition coefficient (Wildman–Crippen LogP) is 2.90. The normalized spacial score (nSPS) is 10.1. The molecule has 0 unspecified atom stereocenters. The van der Waals surface area contributed by atoms with Crippen molar-refractivity contribution >= 4 is 11.6 Å². The summed E-state index contributed by atoms with van der Waals surface area (Å²) >= 11 is 0. The smallest absolute Gasteiger partial charge is 0.224 e. The molecule has 3 nitrogen and oxygen atoms in total. The molecule has 2 rings (SSSR count). The quantitative estimate of drug-likeness (QED) is 0.875. The molecular formula is C17H20N2O. The summed E-state index contributed by atoms with van der Waals surface area (Å²) in [5.41, 5.74) is 4.61. The van der Waals surface area contributed by atoms with Gasteiger partial charge in [-0.05, 0) is 30.2 Å². The second-order valence-electron chi connectivity index (χ2n) is 4.89. The molecule has 2 aromatic carbocycles. The standard InChI is InChI=1S/C17H20N2O/c1-13-4-3-5-15(10-13)12-19-16-8-6-14(7-9-16)11-17(20)18-2/h3-10,19H,11-12H2,1-2H3,(H,18,20). The van der Waals surface area contributed by atoms with Crippen molar-refractivity contribution in [3.05, 3.63) is 65.2 Å². The van der Waals surface area contributed by atoms with Gasteiger partial charge >= 0.3 is 0 Å². The van der Waals surface area contributed by atoms with Gasteiger partial charge in [0.25, 0.3) is 0 Å². The number of nitrogens with one attached hydrogen (secondary N) is 2. The Balaban J connectivity index is 1.92. The third-order valence-corrected chi connectivity index (χ3v) is 3.18. The molecule has 0 aliphatic carbocycles. The summed E-state index contributed by atoms with van der Waals surface area (Å²) in [6, 6.07) is 16.4. The SMILES string of the molecule is CNC(=O)Cc1ccc(NCc2cccc(C)c2)cc1. The first-order valence-electron chi connectivity index (χ1n) is 6.76. The van der Waals surface area contributed by atoms with E-state index in [1.807, 2.05) is 24.3 Å². The maximum Gasteiger partial charge on any atom is 0.224 e. The first-order valence-corrected chi connectivity index (χ1v) is 6.76. The van der Waals surface area contributed by atoms with Gasteiger partial charge in [0.1, 0.15) is 0 Å². The molecule has 0 spiro atoms. The first-order chi connectivity index (χ1) is 9.67. The maximum atomic E-state index is 11.3. The van der Waals surface area contributed by atoms with Crippen LogP contribution in [0.2, 0.25) is 0 Å². The van der Waals surface area contributed by atoms with Gasteiger partial charge in [0.15, 0.2) is 0 Å². The van der Waals surface area contributed by atoms with Gasteiger partial charge in [-0.25, -0.2) is 0 Å². The molecule has 2 aromatic rings. The van der Waals surface area contributed by atoms with Crippen molar-refractivity contribution in [2.24, 2.45) is 0 Å². The lowest BCUT2D eigenvalue weighted by Crippen LogP contribution is -2.19. The second kappa shape index (κ2) is 6.75. The summed E-state index contributed by atoms with van der Waals surface area (Å²) in [5.74, 6) is 0.0328. The van der Waals surface area contributed by atoms with Crippen molar-refractivity contribution < 1.29 is 4.79 Å². The fraction of sp³-hybridized carbons (Fsp3) is 0.235. The lowest BCUT2D eigenvalue weighted by atomic mass is 10.1. The van der Waals surface area contributed by atoms with Crippen molar-refractivity contribution in [2.75, 3.05) is 12.4 Å². The molecule has 0 aromatic heterocycles. The molecule has 1 amide bonds. The Morgan fingerprint density at radius 1 is 1.05 bits per heavy atom. The average Bonchev–Trinajstić information content (AvgIpc) is 2.46. The van der Waals surface area contributed by atoms with Gasteiger partial charge in [-0.2, -0.15) is 0 Å². The topological polar surface area (TPSA) is 41.1 Å². The van der Waals surface area contributed by atoms with Gasteiger partial charge in [-0.15, -0.1) is 0 Å². The fourth-order valence-corrected chi connectivity index (χ4v) is 2.04. The lowest BCUT2D eigenvalue weighted by Gasteiger charge is -2.08. The van der Waals surface area contributed by atoms with E-state index in [4.69, 9.17) is 0 Å². The fourth-order valence-electron chi connectivity index (χ4n) is 2.04. The van der Waals surface area contributed by atoms with Crippen LogP contribution in [0.1, 0.15) is 16.7 Å². The van der Waals surface area contributed by atoms with E-state index in [2.05, 4.69) is 41.8 Å². The largest absolute Gasteiger partial charge is 0.381 e. The van der Waals surface area contributed by atoms with E-state index in [1.54, 1.807) is 7.05 Å². The molecule has 0 radical (unpaired) electrons. The Bertz CT molecular complexity index is 576. The minimum absolute atomic E-state index is 0.0328. The number of hydrogen-bond donors (Lipinski definition) is 2. The molecular weight excluding hydrogens is 248 g/mol. The number of carbonyl (C=O) groups excluding carboxylic acids is 1. The highest BCUT2D eigenvalue weighted by molar-refractivity contribution is 5.78. The van der Waals surface area contributed by atoms with Gasteiger partial charge in [-0.1, -0.05) is 42.0 Å². The van der Waals surface area contributed by atoms with Crippen LogP contribution in [0.15, 0.2) is 48.5 Å². The van der Waals surface area contributed by atoms with Crippen LogP contribution in [0, 0.1) is 6.92 Å². The number of likely N-dealkylation sites (N-methyl/N-ethyl adjacent to an activating group) is 1. The molecule has 104 valence electrons. The van der Waals surface area contributed by atoms with E-state index in [9.17, 15) is 4.79 Å². The zero-order chi connectivity index (χ0) is 14.4. The van der Waals surface area contributed by atoms with Crippen LogP contribution in [-0.4, -0.2) is 13.0 Å². The van der Waals surface area contributed by atoms with E-state index in [-0.39, 0.29) is 5.91 Å². The minimum Gasteiger partial charge on any atom is -0.381 e. The van der Waals surface area contributed by atoms with Crippen molar-refractivity contribution in [1.82, 2.24) is 5.32 Å². The Kier molecular flexibility index (Phi) is 4.77. The predicted molar refractivity (Wildman–Crippen MR) is 82.7 cm³/mol. The summed E-state index contributed by atoms with van der Waals surface area (Å²) in [6.07, 6.45) is 0.425. The van der Waals surface area contributed by atoms with E-state index in [0.717, 1.165) is 17.8 Å². The van der Waals surface area contributed by atoms with Crippen LogP contribution >= 0.6 is 0 Å². The number of rotatable bonds is 5. The zero-order valence-electron chi connectivity index (χ0n) is 11.9. The van der Waals surface area contributed by atoms with Crippen molar-refractivity contribution in [3.8, 4) is 0 Å². The molecule has 0 saturated heterocycles. The monoisotopic (exact) mass is 268 g/mol. The van der Waals surface area contributed by atoms with Gasteiger partial charge in [-0.3, -0.25) is 4.79 Å². The summed E-state index contributed by atoms with van der Waals surface area (Å²) in [4.78, 5) is 11.3. The van der Waals surface area contributed by atoms with E-state index < -0.39 is 0 Å². The first kappa shape index (κ1) is 14.1. The number of hydrogen-bond acceptors (Lipinski definition) is 2. The molecule has 2 N–H and O–H groups in total. The maximum absolute atomic E-state index is 11.3. The molecule has 0 saturated carbocycles. The highest BCUT2D eigenvalue weighted by Crippen LogP contribution is 2.12. The number of aryl methyl sites for hydroxylation is 1. The van der Waals surface area contributed by atoms with Gasteiger partial charge in [0.05, 0.1) is 6.42 Å². The van der Waals surface area contributed by atoms with Crippen LogP contribution in [0.3, 0.4) is 0 Å². The van der Waals surface area contributed by atoms with Crippen LogP contribution in [0.5, 0.6) is 0 Å². The second-order valence-corrected chi connectivity index (χ2v) is 4.89. The number of benzene rings is 2. The zero-order valence-corrected chi connectivity index (χ0v) is 11.9. The van der Waals surface area contributed by atoms with Crippen molar-refractivity contribution in [3.63, 3.8) is 0 Å². The summed E-state index contributed by atoms with van der Waals surface area (Å²) in [5, 5.41) is 6.01.